The van der Waals surface area contributed by atoms with Gasteiger partial charge in [-0.1, -0.05) is 48.6 Å². The predicted molar refractivity (Wildman–Crippen MR) is 158 cm³/mol. The van der Waals surface area contributed by atoms with Crippen molar-refractivity contribution >= 4 is 5.70 Å². The topological polar surface area (TPSA) is 60.1 Å². The summed E-state index contributed by atoms with van der Waals surface area (Å²) >= 11 is 0. The lowest BCUT2D eigenvalue weighted by Crippen LogP contribution is -2.43. The van der Waals surface area contributed by atoms with Crippen LogP contribution in [0.25, 0.3) is 5.70 Å². The van der Waals surface area contributed by atoms with Crippen molar-refractivity contribution in [2.45, 2.75) is 45.2 Å². The molecule has 6 rings (SSSR count). The van der Waals surface area contributed by atoms with E-state index in [4.69, 9.17) is 4.98 Å². The molecule has 0 amide bonds. The lowest BCUT2D eigenvalue weighted by Gasteiger charge is -2.35. The molecule has 3 aromatic rings. The van der Waals surface area contributed by atoms with Crippen LogP contribution in [0.3, 0.4) is 0 Å². The fourth-order valence-electron chi connectivity index (χ4n) is 5.09. The number of rotatable bonds is 5. The van der Waals surface area contributed by atoms with E-state index < -0.39 is 0 Å². The maximum absolute atomic E-state index is 4.94. The maximum Gasteiger partial charge on any atom is 0.121 e. The van der Waals surface area contributed by atoms with E-state index in [0.717, 1.165) is 57.2 Å². The van der Waals surface area contributed by atoms with Gasteiger partial charge in [-0.3, -0.25) is 4.98 Å². The Balaban J connectivity index is 0.000000233. The largest absolute Gasteiger partial charge is 0.367 e. The van der Waals surface area contributed by atoms with Gasteiger partial charge in [-0.2, -0.15) is 0 Å². The third-order valence-corrected chi connectivity index (χ3v) is 7.19. The van der Waals surface area contributed by atoms with E-state index in [9.17, 15) is 0 Å². The average Bonchev–Trinajstić information content (AvgIpc) is 3.28. The van der Waals surface area contributed by atoms with Crippen LogP contribution in [0.1, 0.15) is 46.9 Å². The summed E-state index contributed by atoms with van der Waals surface area (Å²) in [5, 5.41) is 3.49. The van der Waals surface area contributed by atoms with Gasteiger partial charge in [-0.05, 0) is 56.0 Å². The fraction of sp³-hybridized carbons (Fsp3) is 0.375. The molecule has 2 aliphatic carbocycles. The molecule has 3 aliphatic rings. The van der Waals surface area contributed by atoms with Crippen LogP contribution < -0.4 is 5.32 Å². The highest BCUT2D eigenvalue weighted by Gasteiger charge is 2.22. The number of hydrogen-bond acceptors (Lipinski definition) is 5. The van der Waals surface area contributed by atoms with Gasteiger partial charge in [-0.15, -0.1) is 13.2 Å². The summed E-state index contributed by atoms with van der Waals surface area (Å²) in [6.45, 7) is 11.9. The van der Waals surface area contributed by atoms with Crippen molar-refractivity contribution in [2.24, 2.45) is 0 Å². The van der Waals surface area contributed by atoms with Crippen LogP contribution in [0.15, 0.2) is 80.0 Å². The number of H-pyrrole nitrogens is 1. The molecule has 1 fully saturated rings. The first kappa shape index (κ1) is 27.6. The van der Waals surface area contributed by atoms with E-state index in [0.29, 0.717) is 0 Å². The number of aromatic nitrogens is 3. The van der Waals surface area contributed by atoms with Crippen molar-refractivity contribution in [3.05, 3.63) is 114 Å². The number of aromatic amines is 1. The average molecular weight is 511 g/mol. The number of hydrogen-bond donors (Lipinski definition) is 2. The van der Waals surface area contributed by atoms with Crippen LogP contribution in [0.5, 0.6) is 0 Å². The third kappa shape index (κ3) is 7.53. The SMILES string of the molecule is C=C.CN1CCN(C2=CC=CCc3[nH]c(CNCc4ccccc4)nc32)CC1.c1cnc2c(c1)CCCC2. The van der Waals surface area contributed by atoms with E-state index in [1.807, 2.05) is 18.3 Å². The second-order valence-corrected chi connectivity index (χ2v) is 9.89. The lowest BCUT2D eigenvalue weighted by molar-refractivity contribution is 0.207. The minimum atomic E-state index is 0.752. The number of nitrogens with one attached hydrogen (secondary N) is 2. The fourth-order valence-corrected chi connectivity index (χ4v) is 5.09. The second-order valence-electron chi connectivity index (χ2n) is 9.89. The van der Waals surface area contributed by atoms with Gasteiger partial charge in [-0.25, -0.2) is 4.98 Å². The smallest absolute Gasteiger partial charge is 0.121 e. The molecule has 2 N–H and O–H groups in total. The Morgan fingerprint density at radius 2 is 1.74 bits per heavy atom. The van der Waals surface area contributed by atoms with E-state index in [1.165, 1.54) is 53.9 Å². The molecule has 1 aliphatic heterocycles. The van der Waals surface area contributed by atoms with E-state index in [-0.39, 0.29) is 0 Å². The summed E-state index contributed by atoms with van der Waals surface area (Å²) in [7, 11) is 2.19. The zero-order chi connectivity index (χ0) is 26.6. The Morgan fingerprint density at radius 3 is 2.53 bits per heavy atom. The number of piperazine rings is 1. The van der Waals surface area contributed by atoms with Crippen LogP contribution in [0, 0.1) is 0 Å². The van der Waals surface area contributed by atoms with Gasteiger partial charge in [0.05, 0.1) is 12.2 Å². The zero-order valence-electron chi connectivity index (χ0n) is 22.8. The Hall–Kier alpha value is -3.48. The van der Waals surface area contributed by atoms with E-state index in [2.05, 4.69) is 93.9 Å². The molecule has 2 aromatic heterocycles. The molecular weight excluding hydrogens is 468 g/mol. The summed E-state index contributed by atoms with van der Waals surface area (Å²) < 4.78 is 0. The molecule has 1 saturated heterocycles. The summed E-state index contributed by atoms with van der Waals surface area (Å²) in [5.74, 6) is 1.02. The van der Waals surface area contributed by atoms with Crippen LogP contribution in [0.4, 0.5) is 0 Å². The molecule has 200 valence electrons. The normalized spacial score (nSPS) is 16.6. The number of benzene rings is 1. The minimum absolute atomic E-state index is 0.752. The molecule has 38 heavy (non-hydrogen) atoms. The molecule has 6 nitrogen and oxygen atoms in total. The highest BCUT2D eigenvalue weighted by atomic mass is 15.3. The quantitative estimate of drug-likeness (QED) is 0.464. The van der Waals surface area contributed by atoms with Crippen molar-refractivity contribution in [2.75, 3.05) is 33.2 Å². The lowest BCUT2D eigenvalue weighted by atomic mass is 9.96. The maximum atomic E-state index is 4.94. The van der Waals surface area contributed by atoms with Crippen LogP contribution in [0.2, 0.25) is 0 Å². The molecule has 0 spiro atoms. The van der Waals surface area contributed by atoms with Gasteiger partial charge in [0.1, 0.15) is 11.5 Å². The monoisotopic (exact) mass is 510 g/mol. The van der Waals surface area contributed by atoms with Gasteiger partial charge >= 0.3 is 0 Å². The number of fused-ring (bicyclic) bond motifs is 2. The molecular formula is C32H42N6. The van der Waals surface area contributed by atoms with Gasteiger partial charge in [0.25, 0.3) is 0 Å². The molecule has 1 aromatic carbocycles. The molecule has 0 atom stereocenters. The number of nitrogens with zero attached hydrogens (tertiary/aromatic N) is 4. The minimum Gasteiger partial charge on any atom is -0.367 e. The number of likely N-dealkylation sites (N-methyl/N-ethyl adjacent to an activating group) is 1. The molecule has 0 bridgehead atoms. The highest BCUT2D eigenvalue weighted by molar-refractivity contribution is 5.66. The predicted octanol–water partition coefficient (Wildman–Crippen LogP) is 5.16. The first-order valence-corrected chi connectivity index (χ1v) is 13.8. The van der Waals surface area contributed by atoms with Gasteiger partial charge in [0.2, 0.25) is 0 Å². The van der Waals surface area contributed by atoms with Crippen molar-refractivity contribution in [1.29, 1.82) is 0 Å². The van der Waals surface area contributed by atoms with Gasteiger partial charge in [0.15, 0.2) is 0 Å². The summed E-state index contributed by atoms with van der Waals surface area (Å²) in [5.41, 5.74) is 7.69. The van der Waals surface area contributed by atoms with Crippen LogP contribution in [-0.2, 0) is 32.4 Å². The number of pyridine rings is 1. The van der Waals surface area contributed by atoms with Gasteiger partial charge < -0.3 is 20.1 Å². The Morgan fingerprint density at radius 1 is 0.947 bits per heavy atom. The van der Waals surface area contributed by atoms with Crippen LogP contribution >= 0.6 is 0 Å². The zero-order valence-corrected chi connectivity index (χ0v) is 22.8. The van der Waals surface area contributed by atoms with E-state index in [1.54, 1.807) is 0 Å². The van der Waals surface area contributed by atoms with Crippen molar-refractivity contribution < 1.29 is 0 Å². The highest BCUT2D eigenvalue weighted by Crippen LogP contribution is 2.25. The first-order valence-electron chi connectivity index (χ1n) is 13.8. The number of allylic oxidation sites excluding steroid dienone is 3. The Labute approximate surface area is 228 Å². The molecule has 6 heteroatoms. The molecule has 0 radical (unpaired) electrons. The summed E-state index contributed by atoms with van der Waals surface area (Å²) in [4.78, 5) is 17.6. The molecule has 0 unspecified atom stereocenters. The third-order valence-electron chi connectivity index (χ3n) is 7.19. The van der Waals surface area contributed by atoms with Crippen LogP contribution in [-0.4, -0.2) is 58.0 Å². The number of imidazole rings is 1. The van der Waals surface area contributed by atoms with Crippen molar-refractivity contribution in [3.8, 4) is 0 Å². The Bertz CT molecular complexity index is 1160. The summed E-state index contributed by atoms with van der Waals surface area (Å²) in [6, 6.07) is 14.7. The first-order chi connectivity index (χ1) is 18.8. The van der Waals surface area contributed by atoms with Crippen molar-refractivity contribution in [3.63, 3.8) is 0 Å². The van der Waals surface area contributed by atoms with Gasteiger partial charge in [0, 0.05) is 56.7 Å². The second kappa shape index (κ2) is 14.5. The van der Waals surface area contributed by atoms with Crippen molar-refractivity contribution in [1.82, 2.24) is 30.1 Å². The van der Waals surface area contributed by atoms with E-state index >= 15 is 0 Å². The number of aryl methyl sites for hydroxylation is 2. The Kier molecular flexibility index (Phi) is 10.5. The molecule has 0 saturated carbocycles. The molecule has 3 heterocycles. The standard InChI is InChI=1S/C21H27N5.C9H11N.C2H4/c1-25-11-13-26(14-12-25)19-10-6-5-9-18-21(19)24-20(23-18)16-22-15-17-7-3-2-4-8-17;1-2-6-9-8(4-1)5-3-7-10-9;1-2/h2-8,10,22H,9,11-16H2,1H3,(H,23,24);3,5,7H,1-2,4,6H2;1-2H2. The summed E-state index contributed by atoms with van der Waals surface area (Å²) in [6.07, 6.45) is 14.5.